The van der Waals surface area contributed by atoms with E-state index >= 15 is 0 Å². The standard InChI is InChI=1S/C25H33FN4O/c1-4-27-24(29-18-25(2,3)21-7-5-8-22(26)15-21)28-16-19-10-12-20(13-11-19)17-30-14-6-9-23(30)31/h5,7-8,10-13,15H,4,6,9,14,16-18H2,1-3H3,(H2,27,28,29). The van der Waals surface area contributed by atoms with E-state index in [1.165, 1.54) is 6.07 Å². The van der Waals surface area contributed by atoms with Gasteiger partial charge in [0.15, 0.2) is 5.96 Å². The third-order valence-corrected chi connectivity index (χ3v) is 5.64. The SMILES string of the molecule is CCNC(=NCc1ccc(CN2CCCC2=O)cc1)NCC(C)(C)c1cccc(F)c1. The second kappa shape index (κ2) is 10.4. The Labute approximate surface area is 184 Å². The van der Waals surface area contributed by atoms with Crippen LogP contribution in [0.15, 0.2) is 53.5 Å². The zero-order valence-electron chi connectivity index (χ0n) is 18.7. The smallest absolute Gasteiger partial charge is 0.222 e. The number of nitrogens with zero attached hydrogens (tertiary/aromatic N) is 2. The largest absolute Gasteiger partial charge is 0.357 e. The topological polar surface area (TPSA) is 56.7 Å². The summed E-state index contributed by atoms with van der Waals surface area (Å²) in [4.78, 5) is 18.4. The summed E-state index contributed by atoms with van der Waals surface area (Å²) in [7, 11) is 0. The molecule has 0 aromatic heterocycles. The monoisotopic (exact) mass is 424 g/mol. The summed E-state index contributed by atoms with van der Waals surface area (Å²) >= 11 is 0. The van der Waals surface area contributed by atoms with Crippen LogP contribution in [-0.2, 0) is 23.3 Å². The van der Waals surface area contributed by atoms with Crippen molar-refractivity contribution in [1.29, 1.82) is 0 Å². The molecule has 1 fully saturated rings. The molecule has 2 aromatic carbocycles. The first-order chi connectivity index (χ1) is 14.9. The molecule has 1 aliphatic heterocycles. The number of guanidine groups is 1. The Morgan fingerprint density at radius 1 is 1.13 bits per heavy atom. The first-order valence-corrected chi connectivity index (χ1v) is 11.0. The van der Waals surface area contributed by atoms with Gasteiger partial charge in [-0.25, -0.2) is 9.38 Å². The van der Waals surface area contributed by atoms with Crippen LogP contribution in [0.25, 0.3) is 0 Å². The number of carbonyl (C=O) groups excluding carboxylic acids is 1. The van der Waals surface area contributed by atoms with Crippen molar-refractivity contribution in [3.05, 3.63) is 71.0 Å². The van der Waals surface area contributed by atoms with Crippen LogP contribution in [0.3, 0.4) is 0 Å². The first kappa shape index (κ1) is 22.8. The Kier molecular flexibility index (Phi) is 7.66. The highest BCUT2D eigenvalue weighted by molar-refractivity contribution is 5.80. The van der Waals surface area contributed by atoms with Gasteiger partial charge >= 0.3 is 0 Å². The summed E-state index contributed by atoms with van der Waals surface area (Å²) in [6.07, 6.45) is 1.63. The molecule has 2 aromatic rings. The van der Waals surface area contributed by atoms with Crippen molar-refractivity contribution in [2.75, 3.05) is 19.6 Å². The number of amides is 1. The number of likely N-dealkylation sites (tertiary alicyclic amines) is 1. The second-order valence-corrected chi connectivity index (χ2v) is 8.68. The lowest BCUT2D eigenvalue weighted by molar-refractivity contribution is -0.128. The van der Waals surface area contributed by atoms with Crippen molar-refractivity contribution in [2.24, 2.45) is 4.99 Å². The molecule has 0 atom stereocenters. The van der Waals surface area contributed by atoms with Crippen LogP contribution in [0.5, 0.6) is 0 Å². The highest BCUT2D eigenvalue weighted by atomic mass is 19.1. The molecule has 1 heterocycles. The lowest BCUT2D eigenvalue weighted by atomic mass is 9.84. The molecule has 0 bridgehead atoms. The fourth-order valence-electron chi connectivity index (χ4n) is 3.67. The van der Waals surface area contributed by atoms with Gasteiger partial charge in [-0.2, -0.15) is 0 Å². The minimum Gasteiger partial charge on any atom is -0.357 e. The molecule has 1 aliphatic rings. The summed E-state index contributed by atoms with van der Waals surface area (Å²) in [5, 5.41) is 6.66. The lowest BCUT2D eigenvalue weighted by Crippen LogP contribution is -2.43. The van der Waals surface area contributed by atoms with Crippen molar-refractivity contribution in [2.45, 2.75) is 52.1 Å². The van der Waals surface area contributed by atoms with Gasteiger partial charge in [0.25, 0.3) is 0 Å². The van der Waals surface area contributed by atoms with Gasteiger partial charge in [-0.05, 0) is 42.2 Å². The second-order valence-electron chi connectivity index (χ2n) is 8.68. The van der Waals surface area contributed by atoms with E-state index in [1.807, 2.05) is 17.9 Å². The number of rotatable bonds is 8. The molecule has 5 nitrogen and oxygen atoms in total. The average Bonchev–Trinajstić information content (AvgIpc) is 3.15. The number of nitrogens with one attached hydrogen (secondary N) is 2. The summed E-state index contributed by atoms with van der Waals surface area (Å²) in [6, 6.07) is 15.0. The summed E-state index contributed by atoms with van der Waals surface area (Å²) in [5.41, 5.74) is 2.96. The van der Waals surface area contributed by atoms with Gasteiger partial charge in [0.05, 0.1) is 6.54 Å². The normalized spacial score (nSPS) is 14.8. The predicted molar refractivity (Wildman–Crippen MR) is 123 cm³/mol. The van der Waals surface area contributed by atoms with Crippen molar-refractivity contribution >= 4 is 11.9 Å². The van der Waals surface area contributed by atoms with E-state index < -0.39 is 0 Å². The van der Waals surface area contributed by atoms with Gasteiger partial charge in [0.1, 0.15) is 5.82 Å². The Hall–Kier alpha value is -2.89. The zero-order chi connectivity index (χ0) is 22.3. The van der Waals surface area contributed by atoms with Crippen molar-refractivity contribution in [3.8, 4) is 0 Å². The molecule has 1 amide bonds. The fourth-order valence-corrected chi connectivity index (χ4v) is 3.67. The fraction of sp³-hybridized carbons (Fsp3) is 0.440. The van der Waals surface area contributed by atoms with Gasteiger partial charge < -0.3 is 15.5 Å². The van der Waals surface area contributed by atoms with E-state index in [0.29, 0.717) is 26.1 Å². The van der Waals surface area contributed by atoms with E-state index in [0.717, 1.165) is 42.2 Å². The van der Waals surface area contributed by atoms with Crippen LogP contribution < -0.4 is 10.6 Å². The van der Waals surface area contributed by atoms with Crippen LogP contribution >= 0.6 is 0 Å². The molecule has 0 spiro atoms. The lowest BCUT2D eigenvalue weighted by Gasteiger charge is -2.27. The number of carbonyl (C=O) groups is 1. The minimum absolute atomic E-state index is 0.219. The van der Waals surface area contributed by atoms with Crippen molar-refractivity contribution in [3.63, 3.8) is 0 Å². The van der Waals surface area contributed by atoms with Gasteiger partial charge in [-0.15, -0.1) is 0 Å². The van der Waals surface area contributed by atoms with E-state index in [1.54, 1.807) is 12.1 Å². The van der Waals surface area contributed by atoms with E-state index in [9.17, 15) is 9.18 Å². The van der Waals surface area contributed by atoms with Gasteiger partial charge in [-0.3, -0.25) is 4.79 Å². The number of benzene rings is 2. The highest BCUT2D eigenvalue weighted by Gasteiger charge is 2.22. The number of hydrogen-bond acceptors (Lipinski definition) is 2. The molecule has 3 rings (SSSR count). The van der Waals surface area contributed by atoms with Crippen molar-refractivity contribution in [1.82, 2.24) is 15.5 Å². The van der Waals surface area contributed by atoms with E-state index in [-0.39, 0.29) is 17.1 Å². The summed E-state index contributed by atoms with van der Waals surface area (Å²) in [6.45, 7) is 9.68. The molecule has 0 saturated carbocycles. The maximum absolute atomic E-state index is 13.6. The maximum Gasteiger partial charge on any atom is 0.222 e. The molecule has 31 heavy (non-hydrogen) atoms. The predicted octanol–water partition coefficient (Wildman–Crippen LogP) is 3.98. The quantitative estimate of drug-likeness (QED) is 0.498. The first-order valence-electron chi connectivity index (χ1n) is 11.0. The number of hydrogen-bond donors (Lipinski definition) is 2. The molecule has 1 saturated heterocycles. The Balaban J connectivity index is 1.58. The molecule has 166 valence electrons. The van der Waals surface area contributed by atoms with E-state index in [4.69, 9.17) is 4.99 Å². The Bertz CT molecular complexity index is 908. The van der Waals surface area contributed by atoms with Gasteiger partial charge in [0, 0.05) is 38.0 Å². The molecular weight excluding hydrogens is 391 g/mol. The number of aliphatic imine (C=N–C) groups is 1. The van der Waals surface area contributed by atoms with Gasteiger partial charge in [0.2, 0.25) is 5.91 Å². The molecule has 0 radical (unpaired) electrons. The molecule has 6 heteroatoms. The maximum atomic E-state index is 13.6. The third kappa shape index (κ3) is 6.54. The van der Waals surface area contributed by atoms with Gasteiger partial charge in [-0.1, -0.05) is 50.2 Å². The third-order valence-electron chi connectivity index (χ3n) is 5.64. The number of halogens is 1. The molecular formula is C25H33FN4O. The molecule has 0 aliphatic carbocycles. The Morgan fingerprint density at radius 3 is 2.52 bits per heavy atom. The summed E-state index contributed by atoms with van der Waals surface area (Å²) < 4.78 is 13.6. The van der Waals surface area contributed by atoms with Crippen LogP contribution in [0.1, 0.15) is 50.3 Å². The van der Waals surface area contributed by atoms with Crippen LogP contribution in [0.2, 0.25) is 0 Å². The molecule has 2 N–H and O–H groups in total. The van der Waals surface area contributed by atoms with Crippen LogP contribution in [0.4, 0.5) is 4.39 Å². The highest BCUT2D eigenvalue weighted by Crippen LogP contribution is 2.22. The minimum atomic E-state index is -0.243. The summed E-state index contributed by atoms with van der Waals surface area (Å²) in [5.74, 6) is 0.763. The molecule has 0 unspecified atom stereocenters. The van der Waals surface area contributed by atoms with Crippen molar-refractivity contribution < 1.29 is 9.18 Å². The average molecular weight is 425 g/mol. The van der Waals surface area contributed by atoms with Crippen LogP contribution in [-0.4, -0.2) is 36.4 Å². The van der Waals surface area contributed by atoms with Crippen LogP contribution in [0, 0.1) is 5.82 Å². The Morgan fingerprint density at radius 2 is 1.87 bits per heavy atom. The van der Waals surface area contributed by atoms with E-state index in [2.05, 4.69) is 48.7 Å². The zero-order valence-corrected chi connectivity index (χ0v) is 18.7.